The molecule has 10 rings (SSSR count). The molecular weight excluding hydrogens is 687 g/mol. The lowest BCUT2D eigenvalue weighted by Gasteiger charge is -2.14. The van der Waals surface area contributed by atoms with E-state index in [-0.39, 0.29) is 0 Å². The quantitative estimate of drug-likeness (QED) is 0.165. The summed E-state index contributed by atoms with van der Waals surface area (Å²) < 4.78 is 2.57. The minimum absolute atomic E-state index is 0.685. The van der Waals surface area contributed by atoms with Crippen molar-refractivity contribution < 1.29 is 0 Å². The van der Waals surface area contributed by atoms with Crippen molar-refractivity contribution in [2.45, 2.75) is 0 Å². The number of fused-ring (bicyclic) bond motifs is 3. The Kier molecular flexibility index (Phi) is 8.36. The van der Waals surface area contributed by atoms with Gasteiger partial charge in [0.25, 0.3) is 0 Å². The van der Waals surface area contributed by atoms with Crippen LogP contribution >= 0.6 is 11.3 Å². The van der Waals surface area contributed by atoms with Crippen LogP contribution in [-0.2, 0) is 0 Å². The number of hydrogen-bond acceptors (Lipinski definition) is 4. The lowest BCUT2D eigenvalue weighted by Crippen LogP contribution is -1.97. The van der Waals surface area contributed by atoms with Crippen LogP contribution in [0.3, 0.4) is 0 Å². The van der Waals surface area contributed by atoms with E-state index in [1.54, 1.807) is 6.20 Å². The average molecular weight is 720 g/mol. The predicted octanol–water partition coefficient (Wildman–Crippen LogP) is 13.9. The molecule has 55 heavy (non-hydrogen) atoms. The highest BCUT2D eigenvalue weighted by Gasteiger charge is 2.17. The molecule has 4 heteroatoms. The van der Waals surface area contributed by atoms with E-state index in [1.807, 2.05) is 41.8 Å². The Morgan fingerprint density at radius 3 is 1.67 bits per heavy atom. The normalized spacial score (nSPS) is 11.3. The first kappa shape index (κ1) is 32.6. The number of nitrogens with zero attached hydrogens (tertiary/aromatic N) is 3. The van der Waals surface area contributed by atoms with E-state index in [1.165, 1.54) is 36.9 Å². The SMILES string of the molecule is c1ccc(-c2cccc(-c3cc(-c4cc(-c5cccc(-c6cccnc6)c5)nc(-c5ccccc5)n4)cc(-c4cccc5c4sc4ccccc45)c3)c2)cc1. The van der Waals surface area contributed by atoms with Crippen LogP contribution in [0.1, 0.15) is 0 Å². The van der Waals surface area contributed by atoms with Crippen LogP contribution in [0.5, 0.6) is 0 Å². The van der Waals surface area contributed by atoms with E-state index < -0.39 is 0 Å². The molecular formula is C51H33N3S. The summed E-state index contributed by atoms with van der Waals surface area (Å²) in [6.07, 6.45) is 3.70. The van der Waals surface area contributed by atoms with Crippen LogP contribution in [0.4, 0.5) is 0 Å². The molecule has 0 atom stereocenters. The summed E-state index contributed by atoms with van der Waals surface area (Å²) in [6.45, 7) is 0. The molecule has 0 spiro atoms. The number of benzene rings is 7. The topological polar surface area (TPSA) is 38.7 Å². The first-order chi connectivity index (χ1) is 27.2. The second kappa shape index (κ2) is 14.1. The van der Waals surface area contributed by atoms with Crippen molar-refractivity contribution in [1.82, 2.24) is 15.0 Å². The van der Waals surface area contributed by atoms with E-state index >= 15 is 0 Å². The summed E-state index contributed by atoms with van der Waals surface area (Å²) in [4.78, 5) is 14.8. The molecule has 0 bridgehead atoms. The van der Waals surface area contributed by atoms with E-state index in [0.29, 0.717) is 5.82 Å². The standard InChI is InChI=1S/C51H33N3S/c1-3-13-34(14-4-1)36-17-9-19-38(27-36)41-29-42(44-23-11-24-46-45-22-7-8-25-49(45)55-50(44)46)31-43(30-41)48-32-47(53-51(54-48)35-15-5-2-6-16-35)39-20-10-18-37(28-39)40-21-12-26-52-33-40/h1-33H. The van der Waals surface area contributed by atoms with Crippen molar-refractivity contribution in [2.75, 3.05) is 0 Å². The van der Waals surface area contributed by atoms with Gasteiger partial charge in [-0.25, -0.2) is 9.97 Å². The highest BCUT2D eigenvalue weighted by molar-refractivity contribution is 7.26. The Hall–Kier alpha value is -7.01. The van der Waals surface area contributed by atoms with Gasteiger partial charge in [-0.2, -0.15) is 0 Å². The van der Waals surface area contributed by atoms with Gasteiger partial charge in [0.15, 0.2) is 5.82 Å². The van der Waals surface area contributed by atoms with Gasteiger partial charge >= 0.3 is 0 Å². The summed E-state index contributed by atoms with van der Waals surface area (Å²) in [7, 11) is 0. The maximum Gasteiger partial charge on any atom is 0.160 e. The zero-order valence-corrected chi connectivity index (χ0v) is 30.6. The fraction of sp³-hybridized carbons (Fsp3) is 0. The smallest absolute Gasteiger partial charge is 0.160 e. The molecule has 0 aliphatic heterocycles. The monoisotopic (exact) mass is 719 g/mol. The van der Waals surface area contributed by atoms with Crippen LogP contribution in [0.2, 0.25) is 0 Å². The zero-order chi connectivity index (χ0) is 36.6. The lowest BCUT2D eigenvalue weighted by atomic mass is 9.92. The van der Waals surface area contributed by atoms with Crippen molar-refractivity contribution in [2.24, 2.45) is 0 Å². The van der Waals surface area contributed by atoms with E-state index in [9.17, 15) is 0 Å². The Balaban J connectivity index is 1.20. The minimum Gasteiger partial charge on any atom is -0.264 e. The van der Waals surface area contributed by atoms with Gasteiger partial charge in [-0.3, -0.25) is 4.98 Å². The molecule has 10 aromatic rings. The second-order valence-corrected chi connectivity index (χ2v) is 14.7. The molecule has 258 valence electrons. The Morgan fingerprint density at radius 2 is 0.891 bits per heavy atom. The molecule has 0 aliphatic carbocycles. The highest BCUT2D eigenvalue weighted by atomic mass is 32.1. The zero-order valence-electron chi connectivity index (χ0n) is 29.8. The summed E-state index contributed by atoms with van der Waals surface area (Å²) in [5.41, 5.74) is 13.9. The van der Waals surface area contributed by atoms with Crippen molar-refractivity contribution in [3.8, 4) is 78.4 Å². The van der Waals surface area contributed by atoms with Gasteiger partial charge in [0, 0.05) is 54.8 Å². The number of hydrogen-bond donors (Lipinski definition) is 0. The highest BCUT2D eigenvalue weighted by Crippen LogP contribution is 2.42. The van der Waals surface area contributed by atoms with Gasteiger partial charge < -0.3 is 0 Å². The third-order valence-electron chi connectivity index (χ3n) is 10.2. The molecule has 0 fully saturated rings. The van der Waals surface area contributed by atoms with Gasteiger partial charge in [-0.15, -0.1) is 11.3 Å². The number of thiophene rings is 1. The Labute approximate surface area is 323 Å². The Morgan fingerprint density at radius 1 is 0.345 bits per heavy atom. The van der Waals surface area contributed by atoms with Gasteiger partial charge in [-0.05, 0) is 87.5 Å². The molecule has 0 aliphatic rings. The van der Waals surface area contributed by atoms with Crippen LogP contribution in [0, 0.1) is 0 Å². The van der Waals surface area contributed by atoms with Crippen LogP contribution < -0.4 is 0 Å². The van der Waals surface area contributed by atoms with Crippen LogP contribution in [0.25, 0.3) is 98.6 Å². The van der Waals surface area contributed by atoms with Crippen molar-refractivity contribution in [3.63, 3.8) is 0 Å². The Bertz CT molecular complexity index is 2970. The third-order valence-corrected chi connectivity index (χ3v) is 11.4. The summed E-state index contributed by atoms with van der Waals surface area (Å²) in [5, 5.41) is 2.57. The lowest BCUT2D eigenvalue weighted by molar-refractivity contribution is 1.18. The molecule has 3 aromatic heterocycles. The van der Waals surface area contributed by atoms with E-state index in [2.05, 4.69) is 169 Å². The van der Waals surface area contributed by atoms with Crippen molar-refractivity contribution in [3.05, 3.63) is 200 Å². The molecule has 0 saturated carbocycles. The van der Waals surface area contributed by atoms with E-state index in [0.717, 1.165) is 55.9 Å². The maximum absolute atomic E-state index is 5.29. The maximum atomic E-state index is 5.29. The molecule has 0 unspecified atom stereocenters. The van der Waals surface area contributed by atoms with E-state index in [4.69, 9.17) is 9.97 Å². The fourth-order valence-electron chi connectivity index (χ4n) is 7.43. The summed E-state index contributed by atoms with van der Waals surface area (Å²) in [5.74, 6) is 0.685. The first-order valence-electron chi connectivity index (χ1n) is 18.4. The van der Waals surface area contributed by atoms with Gasteiger partial charge in [0.1, 0.15) is 0 Å². The average Bonchev–Trinajstić information content (AvgIpc) is 3.66. The summed E-state index contributed by atoms with van der Waals surface area (Å²) >= 11 is 1.86. The minimum atomic E-state index is 0.685. The van der Waals surface area contributed by atoms with Gasteiger partial charge in [0.05, 0.1) is 11.4 Å². The van der Waals surface area contributed by atoms with Crippen molar-refractivity contribution >= 4 is 31.5 Å². The molecule has 3 nitrogen and oxygen atoms in total. The third kappa shape index (κ3) is 6.39. The van der Waals surface area contributed by atoms with Crippen molar-refractivity contribution in [1.29, 1.82) is 0 Å². The number of rotatable bonds is 7. The predicted molar refractivity (Wildman–Crippen MR) is 231 cm³/mol. The number of pyridine rings is 1. The first-order valence-corrected chi connectivity index (χ1v) is 19.2. The molecule has 0 amide bonds. The summed E-state index contributed by atoms with van der Waals surface area (Å²) in [6, 6.07) is 66.7. The molecule has 0 radical (unpaired) electrons. The second-order valence-electron chi connectivity index (χ2n) is 13.7. The molecule has 3 heterocycles. The fourth-order valence-corrected chi connectivity index (χ4v) is 8.67. The molecule has 7 aromatic carbocycles. The largest absolute Gasteiger partial charge is 0.264 e. The molecule has 0 saturated heterocycles. The number of aromatic nitrogens is 3. The van der Waals surface area contributed by atoms with Gasteiger partial charge in [0.2, 0.25) is 0 Å². The van der Waals surface area contributed by atoms with Crippen LogP contribution in [-0.4, -0.2) is 15.0 Å². The molecule has 0 N–H and O–H groups in total. The van der Waals surface area contributed by atoms with Crippen LogP contribution in [0.15, 0.2) is 200 Å². The van der Waals surface area contributed by atoms with Gasteiger partial charge in [-0.1, -0.05) is 140 Å².